The molecule has 0 bridgehead atoms. The second-order valence-electron chi connectivity index (χ2n) is 8.76. The number of anilines is 2. The average Bonchev–Trinajstić information content (AvgIpc) is 2.91. The highest BCUT2D eigenvalue weighted by molar-refractivity contribution is 5.82. The summed E-state index contributed by atoms with van der Waals surface area (Å²) in [6, 6.07) is 20.1. The van der Waals surface area contributed by atoms with E-state index in [9.17, 15) is 20.2 Å². The van der Waals surface area contributed by atoms with Crippen molar-refractivity contribution in [3.05, 3.63) is 93.8 Å². The third-order valence-electron chi connectivity index (χ3n) is 6.78. The monoisotopic (exact) mass is 468 g/mol. The Hall–Kier alpha value is -4.45. The SMILES string of the molecule is N#Cc1ccccc1N1CCN2c3ccc([N+](=O)[O-])cc3CC(C(=O)NCc3ccccn3)C2C1. The van der Waals surface area contributed by atoms with Crippen LogP contribution in [0.25, 0.3) is 0 Å². The van der Waals surface area contributed by atoms with Crippen molar-refractivity contribution in [3.8, 4) is 6.07 Å². The van der Waals surface area contributed by atoms with Gasteiger partial charge in [0.2, 0.25) is 5.91 Å². The predicted molar refractivity (Wildman–Crippen MR) is 131 cm³/mol. The molecule has 3 heterocycles. The van der Waals surface area contributed by atoms with Gasteiger partial charge in [-0.2, -0.15) is 5.26 Å². The Balaban J connectivity index is 1.46. The van der Waals surface area contributed by atoms with Crippen molar-refractivity contribution in [1.82, 2.24) is 10.3 Å². The van der Waals surface area contributed by atoms with Gasteiger partial charge in [-0.15, -0.1) is 0 Å². The number of amides is 1. The molecule has 2 unspecified atom stereocenters. The van der Waals surface area contributed by atoms with Gasteiger partial charge in [-0.05, 0) is 42.3 Å². The number of piperazine rings is 1. The molecule has 3 aromatic rings. The second-order valence-corrected chi connectivity index (χ2v) is 8.76. The van der Waals surface area contributed by atoms with Crippen LogP contribution in [0.4, 0.5) is 17.1 Å². The highest BCUT2D eigenvalue weighted by atomic mass is 16.6. The van der Waals surface area contributed by atoms with Gasteiger partial charge in [0.25, 0.3) is 5.69 Å². The molecule has 2 aliphatic rings. The highest BCUT2D eigenvalue weighted by Crippen LogP contribution is 2.39. The van der Waals surface area contributed by atoms with Gasteiger partial charge in [0.05, 0.1) is 40.4 Å². The van der Waals surface area contributed by atoms with Crippen LogP contribution in [0.3, 0.4) is 0 Å². The molecule has 1 saturated heterocycles. The van der Waals surface area contributed by atoms with E-state index in [-0.39, 0.29) is 17.6 Å². The topological polar surface area (TPSA) is 115 Å². The van der Waals surface area contributed by atoms with Gasteiger partial charge in [-0.3, -0.25) is 19.9 Å². The molecular weight excluding hydrogens is 444 g/mol. The van der Waals surface area contributed by atoms with E-state index in [1.165, 1.54) is 6.07 Å². The van der Waals surface area contributed by atoms with Crippen LogP contribution in [0.15, 0.2) is 66.9 Å². The molecule has 176 valence electrons. The largest absolute Gasteiger partial charge is 0.367 e. The lowest BCUT2D eigenvalue weighted by Crippen LogP contribution is -2.61. The van der Waals surface area contributed by atoms with Crippen LogP contribution in [0.1, 0.15) is 16.8 Å². The predicted octanol–water partition coefficient (Wildman–Crippen LogP) is 3.05. The van der Waals surface area contributed by atoms with Gasteiger partial charge >= 0.3 is 0 Å². The Kier molecular flexibility index (Phi) is 6.02. The van der Waals surface area contributed by atoms with Crippen LogP contribution >= 0.6 is 0 Å². The number of nitrogens with zero attached hydrogens (tertiary/aromatic N) is 5. The molecule has 9 heteroatoms. The van der Waals surface area contributed by atoms with E-state index in [4.69, 9.17) is 0 Å². The fourth-order valence-corrected chi connectivity index (χ4v) is 5.10. The van der Waals surface area contributed by atoms with Crippen LogP contribution in [-0.2, 0) is 17.8 Å². The van der Waals surface area contributed by atoms with Crippen molar-refractivity contribution >= 4 is 23.0 Å². The van der Waals surface area contributed by atoms with Gasteiger partial charge in [0, 0.05) is 43.7 Å². The van der Waals surface area contributed by atoms with E-state index in [1.54, 1.807) is 24.4 Å². The molecule has 1 amide bonds. The van der Waals surface area contributed by atoms with Crippen LogP contribution in [-0.4, -0.2) is 41.5 Å². The Bertz CT molecular complexity index is 1310. The third kappa shape index (κ3) is 4.38. The van der Waals surface area contributed by atoms with Crippen molar-refractivity contribution in [1.29, 1.82) is 5.26 Å². The first-order chi connectivity index (χ1) is 17.0. The minimum atomic E-state index is -0.412. The Labute approximate surface area is 202 Å². The van der Waals surface area contributed by atoms with Crippen LogP contribution in [0, 0.1) is 27.4 Å². The van der Waals surface area contributed by atoms with Gasteiger partial charge in [0.1, 0.15) is 6.07 Å². The number of carbonyl (C=O) groups excluding carboxylic acids is 1. The molecule has 0 radical (unpaired) electrons. The molecule has 0 aliphatic carbocycles. The molecule has 2 aromatic carbocycles. The molecule has 5 rings (SSSR count). The van der Waals surface area contributed by atoms with E-state index in [0.29, 0.717) is 38.2 Å². The number of non-ortho nitro benzene ring substituents is 1. The standard InChI is InChI=1S/C26H24N6O3/c27-15-18-5-1-2-7-23(18)30-11-12-31-24-9-8-21(32(34)35)13-19(24)14-22(25(31)17-30)26(33)29-16-20-6-3-4-10-28-20/h1-10,13,22,25H,11-12,14,16-17H2,(H,29,33). The fourth-order valence-electron chi connectivity index (χ4n) is 5.10. The summed E-state index contributed by atoms with van der Waals surface area (Å²) in [5, 5.41) is 24.0. The number of hydrogen-bond donors (Lipinski definition) is 1. The zero-order valence-corrected chi connectivity index (χ0v) is 19.0. The number of aromatic nitrogens is 1. The minimum absolute atomic E-state index is 0.0245. The minimum Gasteiger partial charge on any atom is -0.367 e. The number of benzene rings is 2. The maximum Gasteiger partial charge on any atom is 0.269 e. The third-order valence-corrected chi connectivity index (χ3v) is 6.78. The molecule has 9 nitrogen and oxygen atoms in total. The molecule has 1 aromatic heterocycles. The summed E-state index contributed by atoms with van der Waals surface area (Å²) >= 11 is 0. The fraction of sp³-hybridized carbons (Fsp3) is 0.269. The summed E-state index contributed by atoms with van der Waals surface area (Å²) in [5.74, 6) is -0.525. The number of nitrogens with one attached hydrogen (secondary N) is 1. The Morgan fingerprint density at radius 3 is 2.74 bits per heavy atom. The maximum atomic E-state index is 13.5. The molecule has 35 heavy (non-hydrogen) atoms. The summed E-state index contributed by atoms with van der Waals surface area (Å²) in [4.78, 5) is 33.1. The number of para-hydroxylation sites is 1. The average molecular weight is 469 g/mol. The molecule has 0 spiro atoms. The number of nitriles is 1. The molecule has 2 aliphatic heterocycles. The summed E-state index contributed by atoms with van der Waals surface area (Å²) in [6.07, 6.45) is 2.09. The van der Waals surface area contributed by atoms with E-state index in [2.05, 4.69) is 26.2 Å². The quantitative estimate of drug-likeness (QED) is 0.452. The maximum absolute atomic E-state index is 13.5. The first kappa shape index (κ1) is 22.3. The smallest absolute Gasteiger partial charge is 0.269 e. The lowest BCUT2D eigenvalue weighted by molar-refractivity contribution is -0.384. The number of hydrogen-bond acceptors (Lipinski definition) is 7. The zero-order chi connectivity index (χ0) is 24.4. The van der Waals surface area contributed by atoms with Gasteiger partial charge in [-0.25, -0.2) is 0 Å². The number of fused-ring (bicyclic) bond motifs is 3. The van der Waals surface area contributed by atoms with Crippen molar-refractivity contribution < 1.29 is 9.72 Å². The van der Waals surface area contributed by atoms with E-state index < -0.39 is 10.8 Å². The number of pyridine rings is 1. The molecule has 0 saturated carbocycles. The summed E-state index contributed by atoms with van der Waals surface area (Å²) in [6.45, 7) is 2.19. The summed E-state index contributed by atoms with van der Waals surface area (Å²) in [5.41, 5.74) is 3.98. The van der Waals surface area contributed by atoms with Gasteiger partial charge in [0.15, 0.2) is 0 Å². The number of rotatable bonds is 5. The lowest BCUT2D eigenvalue weighted by atomic mass is 9.83. The number of nitro groups is 1. The van der Waals surface area contributed by atoms with Crippen molar-refractivity contribution in [3.63, 3.8) is 0 Å². The summed E-state index contributed by atoms with van der Waals surface area (Å²) in [7, 11) is 0. The van der Waals surface area contributed by atoms with Crippen LogP contribution in [0.5, 0.6) is 0 Å². The van der Waals surface area contributed by atoms with Crippen LogP contribution < -0.4 is 15.1 Å². The number of nitro benzene ring substituents is 1. The highest BCUT2D eigenvalue weighted by Gasteiger charge is 2.42. The first-order valence-electron chi connectivity index (χ1n) is 11.5. The van der Waals surface area contributed by atoms with Crippen LogP contribution in [0.2, 0.25) is 0 Å². The Morgan fingerprint density at radius 2 is 1.97 bits per heavy atom. The molecule has 1 fully saturated rings. The van der Waals surface area contributed by atoms with Gasteiger partial charge in [-0.1, -0.05) is 18.2 Å². The van der Waals surface area contributed by atoms with E-state index in [0.717, 1.165) is 22.6 Å². The Morgan fingerprint density at radius 1 is 1.14 bits per heavy atom. The van der Waals surface area contributed by atoms with E-state index in [1.807, 2.05) is 36.4 Å². The first-order valence-corrected chi connectivity index (χ1v) is 11.5. The van der Waals surface area contributed by atoms with E-state index >= 15 is 0 Å². The number of carbonyl (C=O) groups is 1. The molecular formula is C26H24N6O3. The van der Waals surface area contributed by atoms with Gasteiger partial charge < -0.3 is 15.1 Å². The summed E-state index contributed by atoms with van der Waals surface area (Å²) < 4.78 is 0. The molecule has 1 N–H and O–H groups in total. The lowest BCUT2D eigenvalue weighted by Gasteiger charge is -2.49. The second kappa shape index (κ2) is 9.43. The zero-order valence-electron chi connectivity index (χ0n) is 19.0. The van der Waals surface area contributed by atoms with Crippen molar-refractivity contribution in [2.24, 2.45) is 5.92 Å². The normalized spacial score (nSPS) is 18.7. The van der Waals surface area contributed by atoms with Crippen molar-refractivity contribution in [2.75, 3.05) is 29.4 Å². The molecule has 2 atom stereocenters. The van der Waals surface area contributed by atoms with Crippen molar-refractivity contribution in [2.45, 2.75) is 19.0 Å².